The molecule has 2 fully saturated rings. The largest absolute Gasteiger partial charge is 0.456 e. The molecular weight excluding hydrogens is 314 g/mol. The standard InChI is InChI=1S/C18H22ClNO3/c19-16-3-1-2-13(8-16)10-20-17(21)11-23-18(22)9-15-7-12-4-5-14(15)6-12/h1-3,8,12,14-15H,4-7,9-11H2,(H,20,21)/t12-,14+,15-/m0/s1. The lowest BCUT2D eigenvalue weighted by Gasteiger charge is -2.20. The highest BCUT2D eigenvalue weighted by molar-refractivity contribution is 6.30. The van der Waals surface area contributed by atoms with Gasteiger partial charge in [0, 0.05) is 18.0 Å². The van der Waals surface area contributed by atoms with Gasteiger partial charge >= 0.3 is 5.97 Å². The molecule has 23 heavy (non-hydrogen) atoms. The summed E-state index contributed by atoms with van der Waals surface area (Å²) in [7, 11) is 0. The molecule has 2 bridgehead atoms. The number of benzene rings is 1. The summed E-state index contributed by atoms with van der Waals surface area (Å²) in [6.07, 6.45) is 5.46. The van der Waals surface area contributed by atoms with E-state index in [0.29, 0.717) is 29.8 Å². The molecule has 0 heterocycles. The van der Waals surface area contributed by atoms with Gasteiger partial charge in [-0.3, -0.25) is 9.59 Å². The van der Waals surface area contributed by atoms with E-state index in [1.54, 1.807) is 12.1 Å². The monoisotopic (exact) mass is 335 g/mol. The van der Waals surface area contributed by atoms with Gasteiger partial charge < -0.3 is 10.1 Å². The first-order valence-electron chi connectivity index (χ1n) is 8.27. The number of hydrogen-bond donors (Lipinski definition) is 1. The van der Waals surface area contributed by atoms with Crippen molar-refractivity contribution >= 4 is 23.5 Å². The van der Waals surface area contributed by atoms with Crippen LogP contribution in [0.3, 0.4) is 0 Å². The van der Waals surface area contributed by atoms with Gasteiger partial charge in [-0.15, -0.1) is 0 Å². The molecule has 0 spiro atoms. The van der Waals surface area contributed by atoms with Crippen LogP contribution < -0.4 is 5.32 Å². The number of hydrogen-bond acceptors (Lipinski definition) is 3. The molecule has 2 aliphatic rings. The van der Waals surface area contributed by atoms with Crippen molar-refractivity contribution in [1.82, 2.24) is 5.32 Å². The molecule has 1 aromatic carbocycles. The molecular formula is C18H22ClNO3. The van der Waals surface area contributed by atoms with Crippen molar-refractivity contribution in [2.24, 2.45) is 17.8 Å². The predicted octanol–water partition coefficient (Wildman–Crippen LogP) is 3.33. The Balaban J connectivity index is 1.34. The fourth-order valence-corrected chi connectivity index (χ4v) is 4.16. The third-order valence-electron chi connectivity index (χ3n) is 5.06. The van der Waals surface area contributed by atoms with Gasteiger partial charge in [0.1, 0.15) is 0 Å². The van der Waals surface area contributed by atoms with Crippen LogP contribution in [0, 0.1) is 17.8 Å². The van der Waals surface area contributed by atoms with E-state index in [1.807, 2.05) is 12.1 Å². The van der Waals surface area contributed by atoms with Crippen LogP contribution in [-0.2, 0) is 20.9 Å². The van der Waals surface area contributed by atoms with E-state index in [-0.39, 0.29) is 18.5 Å². The summed E-state index contributed by atoms with van der Waals surface area (Å²) in [6.45, 7) is 0.170. The van der Waals surface area contributed by atoms with Crippen molar-refractivity contribution < 1.29 is 14.3 Å². The number of carbonyl (C=O) groups excluding carboxylic acids is 2. The molecule has 1 aromatic rings. The van der Waals surface area contributed by atoms with Crippen molar-refractivity contribution in [3.05, 3.63) is 34.9 Å². The number of halogens is 1. The summed E-state index contributed by atoms with van der Waals surface area (Å²) in [4.78, 5) is 23.6. The Bertz CT molecular complexity index is 589. The first kappa shape index (κ1) is 16.3. The normalized spacial score (nSPS) is 25.3. The Kier molecular flexibility index (Phi) is 5.21. The molecule has 5 heteroatoms. The SMILES string of the molecule is O=C(COC(=O)C[C@@H]1C[C@H]2CC[C@@H]1C2)NCc1cccc(Cl)c1. The van der Waals surface area contributed by atoms with Crippen molar-refractivity contribution in [3.63, 3.8) is 0 Å². The third-order valence-corrected chi connectivity index (χ3v) is 5.29. The van der Waals surface area contributed by atoms with Gasteiger partial charge in [0.25, 0.3) is 5.91 Å². The summed E-state index contributed by atoms with van der Waals surface area (Å²) in [5, 5.41) is 3.36. The van der Waals surface area contributed by atoms with Gasteiger partial charge in [0.15, 0.2) is 6.61 Å². The Hall–Kier alpha value is -1.55. The summed E-state index contributed by atoms with van der Waals surface area (Å²) in [5.41, 5.74) is 0.916. The molecule has 0 unspecified atom stereocenters. The zero-order valence-electron chi connectivity index (χ0n) is 13.1. The number of carbonyl (C=O) groups is 2. The number of nitrogens with one attached hydrogen (secondary N) is 1. The number of ether oxygens (including phenoxy) is 1. The topological polar surface area (TPSA) is 55.4 Å². The van der Waals surface area contributed by atoms with Crippen LogP contribution >= 0.6 is 11.6 Å². The molecule has 4 nitrogen and oxygen atoms in total. The summed E-state index contributed by atoms with van der Waals surface area (Å²) in [5.74, 6) is 1.45. The average molecular weight is 336 g/mol. The molecule has 2 aliphatic carbocycles. The molecule has 0 aliphatic heterocycles. The van der Waals surface area contributed by atoms with E-state index >= 15 is 0 Å². The Morgan fingerprint density at radius 1 is 1.26 bits per heavy atom. The smallest absolute Gasteiger partial charge is 0.306 e. The molecule has 1 N–H and O–H groups in total. The van der Waals surface area contributed by atoms with Crippen molar-refractivity contribution in [3.8, 4) is 0 Å². The second-order valence-electron chi connectivity index (χ2n) is 6.71. The zero-order chi connectivity index (χ0) is 16.2. The van der Waals surface area contributed by atoms with Gasteiger partial charge in [-0.1, -0.05) is 30.2 Å². The highest BCUT2D eigenvalue weighted by Gasteiger charge is 2.40. The molecule has 0 radical (unpaired) electrons. The number of amides is 1. The van der Waals surface area contributed by atoms with Crippen molar-refractivity contribution in [1.29, 1.82) is 0 Å². The van der Waals surface area contributed by atoms with E-state index < -0.39 is 0 Å². The lowest BCUT2D eigenvalue weighted by molar-refractivity contribution is -0.149. The van der Waals surface area contributed by atoms with Crippen LogP contribution in [-0.4, -0.2) is 18.5 Å². The first-order chi connectivity index (χ1) is 11.1. The molecule has 2 saturated carbocycles. The van der Waals surface area contributed by atoms with Crippen LogP contribution in [0.15, 0.2) is 24.3 Å². The van der Waals surface area contributed by atoms with Crippen LogP contribution in [0.25, 0.3) is 0 Å². The van der Waals surface area contributed by atoms with Gasteiger partial charge in [-0.05, 0) is 54.7 Å². The van der Waals surface area contributed by atoms with Gasteiger partial charge in [-0.25, -0.2) is 0 Å². The van der Waals surface area contributed by atoms with E-state index in [1.165, 1.54) is 19.3 Å². The van der Waals surface area contributed by atoms with E-state index in [0.717, 1.165) is 17.9 Å². The summed E-state index contributed by atoms with van der Waals surface area (Å²) < 4.78 is 5.11. The van der Waals surface area contributed by atoms with E-state index in [9.17, 15) is 9.59 Å². The Morgan fingerprint density at radius 2 is 2.13 bits per heavy atom. The Morgan fingerprint density at radius 3 is 2.83 bits per heavy atom. The minimum atomic E-state index is -0.286. The van der Waals surface area contributed by atoms with Gasteiger partial charge in [0.2, 0.25) is 0 Å². The number of esters is 1. The first-order valence-corrected chi connectivity index (χ1v) is 8.64. The fourth-order valence-electron chi connectivity index (χ4n) is 3.94. The molecule has 0 saturated heterocycles. The molecule has 3 rings (SSSR count). The zero-order valence-corrected chi connectivity index (χ0v) is 13.8. The molecule has 3 atom stereocenters. The van der Waals surface area contributed by atoms with Crippen molar-refractivity contribution in [2.45, 2.75) is 38.6 Å². The Labute approximate surface area is 141 Å². The third kappa shape index (κ3) is 4.47. The van der Waals surface area contributed by atoms with Gasteiger partial charge in [-0.2, -0.15) is 0 Å². The lowest BCUT2D eigenvalue weighted by atomic mass is 9.86. The molecule has 124 valence electrons. The maximum Gasteiger partial charge on any atom is 0.306 e. The highest BCUT2D eigenvalue weighted by Crippen LogP contribution is 2.49. The average Bonchev–Trinajstić information content (AvgIpc) is 3.14. The van der Waals surface area contributed by atoms with Gasteiger partial charge in [0.05, 0.1) is 0 Å². The number of fused-ring (bicyclic) bond motifs is 2. The molecule has 0 aromatic heterocycles. The van der Waals surface area contributed by atoms with E-state index in [4.69, 9.17) is 16.3 Å². The minimum absolute atomic E-state index is 0.208. The van der Waals surface area contributed by atoms with Crippen LogP contribution in [0.2, 0.25) is 5.02 Å². The van der Waals surface area contributed by atoms with Crippen LogP contribution in [0.1, 0.15) is 37.7 Å². The summed E-state index contributed by atoms with van der Waals surface area (Å²) >= 11 is 5.89. The second kappa shape index (κ2) is 7.35. The quantitative estimate of drug-likeness (QED) is 0.811. The minimum Gasteiger partial charge on any atom is -0.456 e. The fraction of sp³-hybridized carbons (Fsp3) is 0.556. The van der Waals surface area contributed by atoms with E-state index in [2.05, 4.69) is 5.32 Å². The predicted molar refractivity (Wildman–Crippen MR) is 87.8 cm³/mol. The maximum absolute atomic E-state index is 11.9. The van der Waals surface area contributed by atoms with Crippen LogP contribution in [0.4, 0.5) is 0 Å². The van der Waals surface area contributed by atoms with Crippen molar-refractivity contribution in [2.75, 3.05) is 6.61 Å². The molecule has 1 amide bonds. The number of rotatable bonds is 6. The second-order valence-corrected chi connectivity index (χ2v) is 7.14. The van der Waals surface area contributed by atoms with Crippen LogP contribution in [0.5, 0.6) is 0 Å². The lowest BCUT2D eigenvalue weighted by Crippen LogP contribution is -2.29. The maximum atomic E-state index is 11.9. The summed E-state index contributed by atoms with van der Waals surface area (Å²) in [6, 6.07) is 7.29. The highest BCUT2D eigenvalue weighted by atomic mass is 35.5.